The Kier molecular flexibility index (Phi) is 3.85. The minimum atomic E-state index is -3.36. The van der Waals surface area contributed by atoms with Gasteiger partial charge in [-0.1, -0.05) is 15.9 Å². The van der Waals surface area contributed by atoms with Gasteiger partial charge >= 0.3 is 0 Å². The van der Waals surface area contributed by atoms with E-state index in [1.807, 2.05) is 0 Å². The van der Waals surface area contributed by atoms with Crippen LogP contribution in [0.1, 0.15) is 5.82 Å². The van der Waals surface area contributed by atoms with Gasteiger partial charge < -0.3 is 4.98 Å². The fraction of sp³-hybridized carbons (Fsp3) is 0.333. The van der Waals surface area contributed by atoms with Crippen molar-refractivity contribution < 1.29 is 8.42 Å². The number of aromatic amines is 1. The first kappa shape index (κ1) is 13.7. The summed E-state index contributed by atoms with van der Waals surface area (Å²) < 4.78 is 24.6. The number of aromatic nitrogens is 2. The van der Waals surface area contributed by atoms with Crippen LogP contribution in [0.4, 0.5) is 0 Å². The number of nitrogens with one attached hydrogen (secondary N) is 1. The molecule has 0 bridgehead atoms. The molecule has 0 spiro atoms. The van der Waals surface area contributed by atoms with Gasteiger partial charge in [0, 0.05) is 7.05 Å². The third kappa shape index (κ3) is 2.63. The lowest BCUT2D eigenvalue weighted by Crippen LogP contribution is -2.28. The molecule has 2 heterocycles. The molecule has 0 aliphatic carbocycles. The van der Waals surface area contributed by atoms with Crippen LogP contribution in [0.5, 0.6) is 0 Å². The second-order valence-electron chi connectivity index (χ2n) is 3.62. The lowest BCUT2D eigenvalue weighted by atomic mass is 10.4. The van der Waals surface area contributed by atoms with E-state index in [9.17, 15) is 13.2 Å². The molecule has 18 heavy (non-hydrogen) atoms. The molecule has 1 N–H and O–H groups in total. The molecule has 0 radical (unpaired) electrons. The Labute approximate surface area is 116 Å². The number of rotatable bonds is 4. The van der Waals surface area contributed by atoms with Gasteiger partial charge in [0.1, 0.15) is 15.2 Å². The molecule has 0 aromatic carbocycles. The van der Waals surface area contributed by atoms with Gasteiger partial charge in [0.25, 0.3) is 5.56 Å². The number of hydrogen-bond acceptors (Lipinski definition) is 5. The maximum absolute atomic E-state index is 11.7. The maximum Gasteiger partial charge on any atom is 0.268 e. The molecule has 9 heteroatoms. The maximum atomic E-state index is 11.7. The molecule has 0 amide bonds. The summed E-state index contributed by atoms with van der Waals surface area (Å²) >= 11 is 4.22. The van der Waals surface area contributed by atoms with Crippen LogP contribution in [0.2, 0.25) is 0 Å². The van der Waals surface area contributed by atoms with E-state index in [0.717, 1.165) is 4.31 Å². The van der Waals surface area contributed by atoms with E-state index in [1.165, 1.54) is 18.4 Å². The molecule has 2 rings (SSSR count). The quantitative estimate of drug-likeness (QED) is 0.836. The van der Waals surface area contributed by atoms with Crippen LogP contribution in [-0.2, 0) is 16.6 Å². The van der Waals surface area contributed by atoms with E-state index < -0.39 is 10.0 Å². The molecule has 2 aromatic rings. The van der Waals surface area contributed by atoms with Gasteiger partial charge in [-0.25, -0.2) is 13.4 Å². The Balaban J connectivity index is 2.35. The lowest BCUT2D eigenvalue weighted by Gasteiger charge is -2.14. The SMILES string of the molecule is CN(Cc1nc2ccsc2c(=O)[nH]1)S(=O)(=O)CBr. The Hall–Kier alpha value is -0.770. The summed E-state index contributed by atoms with van der Waals surface area (Å²) in [6.07, 6.45) is 0. The summed E-state index contributed by atoms with van der Waals surface area (Å²) in [5, 5.41) is 1.77. The molecule has 2 aromatic heterocycles. The van der Waals surface area contributed by atoms with Crippen molar-refractivity contribution in [3.63, 3.8) is 0 Å². The second-order valence-corrected chi connectivity index (χ2v) is 7.92. The standard InChI is InChI=1S/C9H10BrN3O3S2/c1-13(18(15,16)5-10)4-7-11-6-2-3-17-8(6)9(14)12-7/h2-3H,4-5H2,1H3,(H,11,12,14). The zero-order valence-electron chi connectivity index (χ0n) is 9.38. The van der Waals surface area contributed by atoms with E-state index in [4.69, 9.17) is 0 Å². The molecular weight excluding hydrogens is 342 g/mol. The van der Waals surface area contributed by atoms with Crippen molar-refractivity contribution in [2.24, 2.45) is 0 Å². The minimum absolute atomic E-state index is 0.0367. The zero-order valence-corrected chi connectivity index (χ0v) is 12.6. The van der Waals surface area contributed by atoms with Gasteiger partial charge in [-0.15, -0.1) is 11.3 Å². The highest BCUT2D eigenvalue weighted by molar-refractivity contribution is 9.10. The van der Waals surface area contributed by atoms with Crippen LogP contribution >= 0.6 is 27.3 Å². The van der Waals surface area contributed by atoms with Crippen LogP contribution in [0.3, 0.4) is 0 Å². The molecule has 98 valence electrons. The predicted molar refractivity (Wildman–Crippen MR) is 74.4 cm³/mol. The monoisotopic (exact) mass is 351 g/mol. The summed E-state index contributed by atoms with van der Waals surface area (Å²) in [5.41, 5.74) is 0.345. The molecule has 0 atom stereocenters. The molecule has 0 unspecified atom stereocenters. The number of H-pyrrole nitrogens is 1. The van der Waals surface area contributed by atoms with Crippen molar-refractivity contribution >= 4 is 47.5 Å². The van der Waals surface area contributed by atoms with Gasteiger partial charge in [0.2, 0.25) is 10.0 Å². The molecule has 0 saturated carbocycles. The minimum Gasteiger partial charge on any atom is -0.308 e. The second kappa shape index (κ2) is 5.08. The fourth-order valence-corrected chi connectivity index (χ4v) is 3.65. The van der Waals surface area contributed by atoms with Gasteiger partial charge in [0.05, 0.1) is 12.1 Å². The fourth-order valence-electron chi connectivity index (χ4n) is 1.39. The molecule has 0 aliphatic heterocycles. The van der Waals surface area contributed by atoms with Gasteiger partial charge in [-0.3, -0.25) is 4.79 Å². The Bertz CT molecular complexity index is 722. The van der Waals surface area contributed by atoms with Crippen molar-refractivity contribution in [1.29, 1.82) is 0 Å². The third-order valence-electron chi connectivity index (χ3n) is 2.35. The van der Waals surface area contributed by atoms with E-state index in [1.54, 1.807) is 11.4 Å². The van der Waals surface area contributed by atoms with Crippen LogP contribution < -0.4 is 5.56 Å². The topological polar surface area (TPSA) is 83.1 Å². The van der Waals surface area contributed by atoms with Gasteiger partial charge in [-0.05, 0) is 11.4 Å². The Morgan fingerprint density at radius 1 is 1.56 bits per heavy atom. The average molecular weight is 352 g/mol. The Morgan fingerprint density at radius 3 is 2.94 bits per heavy atom. The van der Waals surface area contributed by atoms with Crippen molar-refractivity contribution in [1.82, 2.24) is 14.3 Å². The summed E-state index contributed by atoms with van der Waals surface area (Å²) in [4.78, 5) is 18.5. The first-order valence-electron chi connectivity index (χ1n) is 4.90. The molecule has 0 saturated heterocycles. The van der Waals surface area contributed by atoms with Gasteiger partial charge in [-0.2, -0.15) is 4.31 Å². The third-order valence-corrected chi connectivity index (χ3v) is 6.34. The van der Waals surface area contributed by atoms with Crippen LogP contribution in [0, 0.1) is 0 Å². The number of hydrogen-bond donors (Lipinski definition) is 1. The zero-order chi connectivity index (χ0) is 13.3. The number of sulfonamides is 1. The summed E-state index contributed by atoms with van der Waals surface area (Å²) in [6, 6.07) is 1.73. The number of alkyl halides is 1. The van der Waals surface area contributed by atoms with E-state index in [-0.39, 0.29) is 16.8 Å². The van der Waals surface area contributed by atoms with Crippen molar-refractivity contribution in [2.75, 3.05) is 11.7 Å². The normalized spacial score (nSPS) is 12.4. The molecular formula is C9H10BrN3O3S2. The number of thiophene rings is 1. The highest BCUT2D eigenvalue weighted by atomic mass is 79.9. The highest BCUT2D eigenvalue weighted by Crippen LogP contribution is 2.14. The van der Waals surface area contributed by atoms with Crippen LogP contribution in [0.25, 0.3) is 10.2 Å². The van der Waals surface area contributed by atoms with Gasteiger partial charge in [0.15, 0.2) is 0 Å². The van der Waals surface area contributed by atoms with Crippen molar-refractivity contribution in [2.45, 2.75) is 6.54 Å². The van der Waals surface area contributed by atoms with E-state index in [0.29, 0.717) is 16.0 Å². The lowest BCUT2D eigenvalue weighted by molar-refractivity contribution is 0.461. The first-order chi connectivity index (χ1) is 8.44. The van der Waals surface area contributed by atoms with Crippen LogP contribution in [-0.4, -0.2) is 34.4 Å². The average Bonchev–Trinajstić information content (AvgIpc) is 2.77. The Morgan fingerprint density at radius 2 is 2.28 bits per heavy atom. The van der Waals surface area contributed by atoms with Crippen molar-refractivity contribution in [3.8, 4) is 0 Å². The molecule has 6 nitrogen and oxygen atoms in total. The summed E-state index contributed by atoms with van der Waals surface area (Å²) in [6.45, 7) is 0.0367. The number of nitrogens with zero attached hydrogens (tertiary/aromatic N) is 2. The largest absolute Gasteiger partial charge is 0.308 e. The summed E-state index contributed by atoms with van der Waals surface area (Å²) in [7, 11) is -1.92. The smallest absolute Gasteiger partial charge is 0.268 e. The number of halogens is 1. The molecule has 0 fully saturated rings. The van der Waals surface area contributed by atoms with Crippen molar-refractivity contribution in [3.05, 3.63) is 27.6 Å². The predicted octanol–water partition coefficient (Wildman–Crippen LogP) is 1.10. The van der Waals surface area contributed by atoms with Crippen LogP contribution in [0.15, 0.2) is 16.2 Å². The molecule has 0 aliphatic rings. The number of fused-ring (bicyclic) bond motifs is 1. The first-order valence-corrected chi connectivity index (χ1v) is 8.51. The van der Waals surface area contributed by atoms with E-state index in [2.05, 4.69) is 25.9 Å². The van der Waals surface area contributed by atoms with E-state index >= 15 is 0 Å². The summed E-state index contributed by atoms with van der Waals surface area (Å²) in [5.74, 6) is 0.331. The highest BCUT2D eigenvalue weighted by Gasteiger charge is 2.17.